The van der Waals surface area contributed by atoms with Gasteiger partial charge in [-0.1, -0.05) is 29.8 Å². The van der Waals surface area contributed by atoms with E-state index in [-0.39, 0.29) is 24.0 Å². The van der Waals surface area contributed by atoms with Gasteiger partial charge in [0.15, 0.2) is 11.7 Å². The minimum atomic E-state index is 0. The molecule has 3 rings (SSSR count). The first-order valence-corrected chi connectivity index (χ1v) is 8.67. The van der Waals surface area contributed by atoms with Crippen LogP contribution < -0.4 is 5.32 Å². The van der Waals surface area contributed by atoms with Crippen LogP contribution in [0.4, 0.5) is 0 Å². The van der Waals surface area contributed by atoms with Gasteiger partial charge < -0.3 is 19.4 Å². The van der Waals surface area contributed by atoms with Gasteiger partial charge in [-0.2, -0.15) is 0 Å². The Morgan fingerprint density at radius 1 is 1.35 bits per heavy atom. The van der Waals surface area contributed by atoms with Gasteiger partial charge in [0.05, 0.1) is 19.3 Å². The van der Waals surface area contributed by atoms with Gasteiger partial charge in [-0.05, 0) is 13.3 Å². The van der Waals surface area contributed by atoms with Crippen molar-refractivity contribution in [1.29, 1.82) is 0 Å². The molecule has 1 aliphatic heterocycles. The summed E-state index contributed by atoms with van der Waals surface area (Å²) in [6.07, 6.45) is 2.88. The van der Waals surface area contributed by atoms with Crippen molar-refractivity contribution in [3.05, 3.63) is 41.9 Å². The maximum absolute atomic E-state index is 5.85. The van der Waals surface area contributed by atoms with Crippen LogP contribution in [0.1, 0.15) is 17.9 Å². The lowest BCUT2D eigenvalue weighted by atomic mass is 10.1. The molecule has 0 spiro atoms. The normalized spacial score (nSPS) is 17.0. The van der Waals surface area contributed by atoms with Gasteiger partial charge >= 0.3 is 0 Å². The highest BCUT2D eigenvalue weighted by atomic mass is 127. The number of aliphatic imine (C=N–C) groups is 1. The Labute approximate surface area is 172 Å². The maximum atomic E-state index is 5.85. The molecule has 6 nitrogen and oxygen atoms in total. The Kier molecular flexibility index (Phi) is 7.89. The number of aryl methyl sites for hydroxylation is 1. The molecule has 0 radical (unpaired) electrons. The Morgan fingerprint density at radius 2 is 2.12 bits per heavy atom. The van der Waals surface area contributed by atoms with Crippen LogP contribution in [-0.2, 0) is 11.3 Å². The summed E-state index contributed by atoms with van der Waals surface area (Å²) in [4.78, 5) is 10.8. The van der Waals surface area contributed by atoms with E-state index < -0.39 is 0 Å². The van der Waals surface area contributed by atoms with E-state index in [0.717, 1.165) is 43.5 Å². The molecule has 1 aromatic carbocycles. The molecular weight excluding hydrogens is 443 g/mol. The average Bonchev–Trinajstić information content (AvgIpc) is 3.28. The van der Waals surface area contributed by atoms with Crippen molar-refractivity contribution >= 4 is 29.9 Å². The first kappa shape index (κ1) is 20.7. The van der Waals surface area contributed by atoms with E-state index in [9.17, 15) is 0 Å². The molecule has 26 heavy (non-hydrogen) atoms. The molecule has 1 aromatic heterocycles. The number of hydrogen-bond acceptors (Lipinski definition) is 4. The van der Waals surface area contributed by atoms with E-state index in [0.29, 0.717) is 18.4 Å². The van der Waals surface area contributed by atoms with E-state index in [1.54, 1.807) is 13.2 Å². The van der Waals surface area contributed by atoms with Crippen molar-refractivity contribution in [1.82, 2.24) is 15.2 Å². The number of nitrogens with zero attached hydrogens (tertiary/aromatic N) is 3. The number of rotatable bonds is 5. The van der Waals surface area contributed by atoms with Crippen LogP contribution >= 0.6 is 24.0 Å². The highest BCUT2D eigenvalue weighted by molar-refractivity contribution is 14.0. The zero-order valence-corrected chi connectivity index (χ0v) is 17.9. The number of oxazole rings is 1. The molecular formula is C19H27IN4O2. The number of benzene rings is 1. The van der Waals surface area contributed by atoms with Crippen LogP contribution in [-0.4, -0.2) is 49.7 Å². The fourth-order valence-corrected chi connectivity index (χ4v) is 2.98. The van der Waals surface area contributed by atoms with Crippen LogP contribution in [0.25, 0.3) is 11.3 Å². The molecule has 2 heterocycles. The molecule has 0 bridgehead atoms. The lowest BCUT2D eigenvalue weighted by molar-refractivity contribution is 0.181. The molecule has 7 heteroatoms. The predicted octanol–water partition coefficient (Wildman–Crippen LogP) is 3.31. The molecule has 1 saturated heterocycles. The molecule has 1 atom stereocenters. The van der Waals surface area contributed by atoms with Crippen molar-refractivity contribution in [2.75, 3.05) is 33.9 Å². The largest absolute Gasteiger partial charge is 0.439 e. The standard InChI is InChI=1S/C19H26N4O2.HI/c1-14-4-6-16(7-5-14)17-10-21-18(25-17)11-22-19(20-2)23(3)12-15-8-9-24-13-15;/h4-7,10,15H,8-9,11-13H2,1-3H3,(H,20,22);1H. The van der Waals surface area contributed by atoms with Crippen LogP contribution in [0.5, 0.6) is 0 Å². The Balaban J connectivity index is 0.00000243. The second kappa shape index (κ2) is 9.91. The molecule has 1 N–H and O–H groups in total. The van der Waals surface area contributed by atoms with Gasteiger partial charge in [0.2, 0.25) is 5.89 Å². The Morgan fingerprint density at radius 3 is 2.77 bits per heavy atom. The van der Waals surface area contributed by atoms with Crippen LogP contribution in [0.15, 0.2) is 39.9 Å². The smallest absolute Gasteiger partial charge is 0.214 e. The molecule has 2 aromatic rings. The van der Waals surface area contributed by atoms with E-state index in [4.69, 9.17) is 9.15 Å². The van der Waals surface area contributed by atoms with Gasteiger partial charge in [0.1, 0.15) is 0 Å². The summed E-state index contributed by atoms with van der Waals surface area (Å²) in [6.45, 7) is 5.20. The second-order valence-electron chi connectivity index (χ2n) is 6.50. The first-order valence-electron chi connectivity index (χ1n) is 8.67. The number of ether oxygens (including phenoxy) is 1. The van der Waals surface area contributed by atoms with Crippen molar-refractivity contribution in [2.24, 2.45) is 10.9 Å². The number of halogens is 1. The fourth-order valence-electron chi connectivity index (χ4n) is 2.98. The predicted molar refractivity (Wildman–Crippen MR) is 114 cm³/mol. The zero-order chi connectivity index (χ0) is 17.6. The number of guanidine groups is 1. The zero-order valence-electron chi connectivity index (χ0n) is 15.6. The van der Waals surface area contributed by atoms with Gasteiger partial charge in [-0.25, -0.2) is 4.98 Å². The lowest BCUT2D eigenvalue weighted by Gasteiger charge is -2.24. The summed E-state index contributed by atoms with van der Waals surface area (Å²) < 4.78 is 11.3. The van der Waals surface area contributed by atoms with E-state index in [1.807, 2.05) is 19.2 Å². The number of aromatic nitrogens is 1. The second-order valence-corrected chi connectivity index (χ2v) is 6.50. The fraction of sp³-hybridized carbons (Fsp3) is 0.474. The summed E-state index contributed by atoms with van der Waals surface area (Å²) in [5.74, 6) is 2.83. The van der Waals surface area contributed by atoms with Crippen LogP contribution in [0.3, 0.4) is 0 Å². The molecule has 1 aliphatic rings. The van der Waals surface area contributed by atoms with Gasteiger partial charge in [0, 0.05) is 38.7 Å². The molecule has 0 aliphatic carbocycles. The topological polar surface area (TPSA) is 62.9 Å². The van der Waals surface area contributed by atoms with E-state index in [1.165, 1.54) is 5.56 Å². The molecule has 1 unspecified atom stereocenters. The van der Waals surface area contributed by atoms with Crippen LogP contribution in [0, 0.1) is 12.8 Å². The molecule has 0 amide bonds. The van der Waals surface area contributed by atoms with Gasteiger partial charge in [-0.15, -0.1) is 24.0 Å². The molecule has 0 saturated carbocycles. The van der Waals surface area contributed by atoms with Crippen LogP contribution in [0.2, 0.25) is 0 Å². The number of nitrogens with one attached hydrogen (secondary N) is 1. The quantitative estimate of drug-likeness (QED) is 0.413. The van der Waals surface area contributed by atoms with E-state index >= 15 is 0 Å². The summed E-state index contributed by atoms with van der Waals surface area (Å²) in [5, 5.41) is 3.31. The van der Waals surface area contributed by atoms with Crippen molar-refractivity contribution in [3.63, 3.8) is 0 Å². The third kappa shape index (κ3) is 5.44. The lowest BCUT2D eigenvalue weighted by Crippen LogP contribution is -2.41. The van der Waals surface area contributed by atoms with Crippen molar-refractivity contribution in [2.45, 2.75) is 19.9 Å². The minimum absolute atomic E-state index is 0. The highest BCUT2D eigenvalue weighted by Crippen LogP contribution is 2.20. The first-order chi connectivity index (χ1) is 12.2. The monoisotopic (exact) mass is 470 g/mol. The summed E-state index contributed by atoms with van der Waals surface area (Å²) in [6, 6.07) is 8.23. The van der Waals surface area contributed by atoms with Gasteiger partial charge in [-0.3, -0.25) is 4.99 Å². The van der Waals surface area contributed by atoms with E-state index in [2.05, 4.69) is 39.2 Å². The highest BCUT2D eigenvalue weighted by Gasteiger charge is 2.19. The number of hydrogen-bond donors (Lipinski definition) is 1. The maximum Gasteiger partial charge on any atom is 0.214 e. The third-order valence-electron chi connectivity index (χ3n) is 4.42. The summed E-state index contributed by atoms with van der Waals surface area (Å²) in [5.41, 5.74) is 2.26. The molecule has 1 fully saturated rings. The minimum Gasteiger partial charge on any atom is -0.439 e. The van der Waals surface area contributed by atoms with Crippen molar-refractivity contribution in [3.8, 4) is 11.3 Å². The average molecular weight is 470 g/mol. The van der Waals surface area contributed by atoms with Crippen molar-refractivity contribution < 1.29 is 9.15 Å². The SMILES string of the molecule is CN=C(NCc1ncc(-c2ccc(C)cc2)o1)N(C)CC1CCOC1.I. The third-order valence-corrected chi connectivity index (χ3v) is 4.42. The van der Waals surface area contributed by atoms with Gasteiger partial charge in [0.25, 0.3) is 0 Å². The Hall–Kier alpha value is -1.61. The summed E-state index contributed by atoms with van der Waals surface area (Å²) >= 11 is 0. The summed E-state index contributed by atoms with van der Waals surface area (Å²) in [7, 11) is 3.83. The Bertz CT molecular complexity index is 709. The molecule has 142 valence electrons.